The highest BCUT2D eigenvalue weighted by atomic mass is 16.5. The smallest absolute Gasteiger partial charge is 0.339 e. The maximum Gasteiger partial charge on any atom is 0.339 e. The lowest BCUT2D eigenvalue weighted by molar-refractivity contribution is -0.142. The molecule has 0 saturated heterocycles. The molecule has 0 saturated carbocycles. The van der Waals surface area contributed by atoms with Gasteiger partial charge in [0.1, 0.15) is 5.75 Å². The molecule has 0 heterocycles. The van der Waals surface area contributed by atoms with Crippen molar-refractivity contribution < 1.29 is 19.1 Å². The Morgan fingerprint density at radius 3 is 2.24 bits per heavy atom. The third-order valence-electron chi connectivity index (χ3n) is 4.89. The second-order valence-electron chi connectivity index (χ2n) is 7.03. The van der Waals surface area contributed by atoms with Crippen LogP contribution in [-0.4, -0.2) is 32.1 Å². The zero-order valence-electron chi connectivity index (χ0n) is 18.3. The van der Waals surface area contributed by atoms with E-state index in [2.05, 4.69) is 0 Å². The van der Waals surface area contributed by atoms with Gasteiger partial charge in [0.25, 0.3) is 5.91 Å². The van der Waals surface area contributed by atoms with E-state index < -0.39 is 18.5 Å². The predicted octanol–water partition coefficient (Wildman–Crippen LogP) is 4.73. The number of para-hydroxylation sites is 2. The number of hydrogen-bond acceptors (Lipinski definition) is 5. The molecule has 3 aromatic carbocycles. The quantitative estimate of drug-likeness (QED) is 0.273. The minimum absolute atomic E-state index is 0.164. The Labute approximate surface area is 193 Å². The van der Waals surface area contributed by atoms with Crippen molar-refractivity contribution in [2.24, 2.45) is 0 Å². The molecule has 0 spiro atoms. The summed E-state index contributed by atoms with van der Waals surface area (Å²) >= 11 is 0. The van der Waals surface area contributed by atoms with E-state index in [1.165, 1.54) is 4.90 Å². The fourth-order valence-corrected chi connectivity index (χ4v) is 3.27. The van der Waals surface area contributed by atoms with Gasteiger partial charge in [-0.3, -0.25) is 4.79 Å². The van der Waals surface area contributed by atoms with Crippen LogP contribution in [0.25, 0.3) is 11.6 Å². The van der Waals surface area contributed by atoms with Crippen molar-refractivity contribution in [1.29, 1.82) is 5.26 Å². The molecule has 33 heavy (non-hydrogen) atoms. The van der Waals surface area contributed by atoms with Crippen LogP contribution in [-0.2, 0) is 14.3 Å². The molecule has 0 fully saturated rings. The van der Waals surface area contributed by atoms with Crippen molar-refractivity contribution >= 4 is 29.2 Å². The van der Waals surface area contributed by atoms with Crippen LogP contribution < -0.4 is 9.64 Å². The van der Waals surface area contributed by atoms with E-state index in [9.17, 15) is 9.59 Å². The third kappa shape index (κ3) is 6.31. The summed E-state index contributed by atoms with van der Waals surface area (Å²) in [6, 6.07) is 27.4. The number of anilines is 1. The van der Waals surface area contributed by atoms with Crippen molar-refractivity contribution in [3.63, 3.8) is 0 Å². The van der Waals surface area contributed by atoms with Crippen molar-refractivity contribution in [3.8, 4) is 11.8 Å². The molecule has 1 amide bonds. The molecule has 0 aliphatic carbocycles. The maximum absolute atomic E-state index is 13.1. The molecule has 0 unspecified atom stereocenters. The van der Waals surface area contributed by atoms with Crippen LogP contribution in [0.2, 0.25) is 0 Å². The summed E-state index contributed by atoms with van der Waals surface area (Å²) in [4.78, 5) is 27.4. The maximum atomic E-state index is 13.1. The second-order valence-corrected chi connectivity index (χ2v) is 7.03. The van der Waals surface area contributed by atoms with Crippen LogP contribution in [0.1, 0.15) is 17.5 Å². The predicted molar refractivity (Wildman–Crippen MR) is 127 cm³/mol. The molecule has 6 heteroatoms. The number of carbonyl (C=O) groups is 2. The molecule has 0 aliphatic rings. The van der Waals surface area contributed by atoms with Gasteiger partial charge in [0, 0.05) is 17.8 Å². The van der Waals surface area contributed by atoms with E-state index in [4.69, 9.17) is 14.7 Å². The average Bonchev–Trinajstić information content (AvgIpc) is 2.87. The van der Waals surface area contributed by atoms with Crippen molar-refractivity contribution in [2.45, 2.75) is 6.42 Å². The monoisotopic (exact) mass is 440 g/mol. The molecule has 166 valence electrons. The molecule has 3 aromatic rings. The Kier molecular flexibility index (Phi) is 8.38. The van der Waals surface area contributed by atoms with Crippen LogP contribution in [0.3, 0.4) is 0 Å². The Morgan fingerprint density at radius 1 is 0.939 bits per heavy atom. The zero-order chi connectivity index (χ0) is 23.5. The molecule has 0 aromatic heterocycles. The lowest BCUT2D eigenvalue weighted by Gasteiger charge is -2.21. The fraction of sp³-hybridized carbons (Fsp3) is 0.148. The number of rotatable bonds is 9. The van der Waals surface area contributed by atoms with Gasteiger partial charge in [0.2, 0.25) is 0 Å². The molecule has 0 bridgehead atoms. The molecule has 3 rings (SSSR count). The molecule has 0 aliphatic heterocycles. The molecular formula is C27H24N2O4. The minimum atomic E-state index is -0.631. The third-order valence-corrected chi connectivity index (χ3v) is 4.89. The van der Waals surface area contributed by atoms with Gasteiger partial charge in [-0.05, 0) is 29.8 Å². The van der Waals surface area contributed by atoms with Gasteiger partial charge in [0.05, 0.1) is 25.2 Å². The highest BCUT2D eigenvalue weighted by Gasteiger charge is 2.20. The number of esters is 1. The highest BCUT2D eigenvalue weighted by Crippen LogP contribution is 2.25. The van der Waals surface area contributed by atoms with Crippen LogP contribution in [0, 0.1) is 11.3 Å². The lowest BCUT2D eigenvalue weighted by atomic mass is 10.0. The zero-order valence-corrected chi connectivity index (χ0v) is 18.3. The average molecular weight is 440 g/mol. The van der Waals surface area contributed by atoms with Crippen molar-refractivity contribution in [3.05, 3.63) is 96.1 Å². The SMILES string of the molecule is COc1ccccc1/C=C(/C(=O)OCC(=O)N(CCC#N)c1ccccc1)c1ccccc1. The number of benzene rings is 3. The summed E-state index contributed by atoms with van der Waals surface area (Å²) in [5.41, 5.74) is 2.31. The number of nitriles is 1. The van der Waals surface area contributed by atoms with Gasteiger partial charge in [-0.15, -0.1) is 0 Å². The first kappa shape index (κ1) is 23.3. The summed E-state index contributed by atoms with van der Waals surface area (Å²) in [6.45, 7) is -0.241. The van der Waals surface area contributed by atoms with Gasteiger partial charge in [-0.2, -0.15) is 5.26 Å². The van der Waals surface area contributed by atoms with Gasteiger partial charge < -0.3 is 14.4 Å². The topological polar surface area (TPSA) is 79.6 Å². The fourth-order valence-electron chi connectivity index (χ4n) is 3.27. The summed E-state index contributed by atoms with van der Waals surface area (Å²) in [5, 5.41) is 8.95. The number of hydrogen-bond donors (Lipinski definition) is 0. The van der Waals surface area contributed by atoms with Crippen molar-refractivity contribution in [2.75, 3.05) is 25.2 Å². The van der Waals surface area contributed by atoms with Gasteiger partial charge in [-0.25, -0.2) is 4.79 Å². The normalized spacial score (nSPS) is 10.7. The van der Waals surface area contributed by atoms with E-state index >= 15 is 0 Å². The van der Waals surface area contributed by atoms with Gasteiger partial charge in [0.15, 0.2) is 6.61 Å². The van der Waals surface area contributed by atoms with E-state index in [1.54, 1.807) is 55.7 Å². The van der Waals surface area contributed by atoms with E-state index in [0.717, 1.165) is 0 Å². The Hall–Kier alpha value is -4.37. The van der Waals surface area contributed by atoms with Gasteiger partial charge >= 0.3 is 5.97 Å². The van der Waals surface area contributed by atoms with Crippen LogP contribution in [0.15, 0.2) is 84.9 Å². The largest absolute Gasteiger partial charge is 0.496 e. The number of ether oxygens (including phenoxy) is 2. The summed E-state index contributed by atoms with van der Waals surface area (Å²) in [7, 11) is 1.56. The molecule has 6 nitrogen and oxygen atoms in total. The lowest BCUT2D eigenvalue weighted by Crippen LogP contribution is -2.35. The number of nitrogens with zero attached hydrogens (tertiary/aromatic N) is 2. The van der Waals surface area contributed by atoms with Crippen molar-refractivity contribution in [1.82, 2.24) is 0 Å². The van der Waals surface area contributed by atoms with E-state index in [0.29, 0.717) is 28.1 Å². The Balaban J connectivity index is 1.83. The number of amides is 1. The minimum Gasteiger partial charge on any atom is -0.496 e. The highest BCUT2D eigenvalue weighted by molar-refractivity contribution is 6.22. The van der Waals surface area contributed by atoms with Crippen LogP contribution in [0.4, 0.5) is 5.69 Å². The molecule has 0 N–H and O–H groups in total. The first-order chi connectivity index (χ1) is 16.1. The first-order valence-corrected chi connectivity index (χ1v) is 10.4. The van der Waals surface area contributed by atoms with Gasteiger partial charge in [-0.1, -0.05) is 66.7 Å². The van der Waals surface area contributed by atoms with E-state index in [-0.39, 0.29) is 13.0 Å². The van der Waals surface area contributed by atoms with Crippen LogP contribution in [0.5, 0.6) is 5.75 Å². The molecule has 0 atom stereocenters. The second kappa shape index (κ2) is 11.9. The summed E-state index contributed by atoms with van der Waals surface area (Å²) < 4.78 is 10.8. The Bertz CT molecular complexity index is 1150. The Morgan fingerprint density at radius 2 is 1.58 bits per heavy atom. The van der Waals surface area contributed by atoms with E-state index in [1.807, 2.05) is 48.5 Å². The standard InChI is InChI=1S/C27H24N2O4/c1-32-25-16-9-8-13-22(25)19-24(21-11-4-2-5-12-21)27(31)33-20-26(30)29(18-10-17-28)23-14-6-3-7-15-23/h2-9,11-16,19H,10,18,20H2,1H3/b24-19+. The molecule has 0 radical (unpaired) electrons. The molecular weight excluding hydrogens is 416 g/mol. The number of methoxy groups -OCH3 is 1. The summed E-state index contributed by atoms with van der Waals surface area (Å²) in [5.74, 6) is -0.426. The number of carbonyl (C=O) groups excluding carboxylic acids is 2. The first-order valence-electron chi connectivity index (χ1n) is 10.4. The van der Waals surface area contributed by atoms with Crippen LogP contribution >= 0.6 is 0 Å². The summed E-state index contributed by atoms with van der Waals surface area (Å²) in [6.07, 6.45) is 1.85.